The lowest BCUT2D eigenvalue weighted by atomic mass is 10.2. The molecule has 1 atom stereocenters. The molecule has 0 aromatic heterocycles. The van der Waals surface area contributed by atoms with E-state index in [1.807, 2.05) is 0 Å². The van der Waals surface area contributed by atoms with Crippen LogP contribution in [0.3, 0.4) is 0 Å². The van der Waals surface area contributed by atoms with Crippen LogP contribution in [0.15, 0.2) is 48.6 Å². The average molecular weight is 379 g/mol. The van der Waals surface area contributed by atoms with Crippen LogP contribution >= 0.6 is 0 Å². The van der Waals surface area contributed by atoms with Gasteiger partial charge in [-0.3, -0.25) is 0 Å². The molecular formula is C23H38O4. The molecule has 0 saturated heterocycles. The molecule has 0 aliphatic carbocycles. The lowest BCUT2D eigenvalue weighted by Crippen LogP contribution is -2.26. The van der Waals surface area contributed by atoms with Gasteiger partial charge in [0.25, 0.3) is 0 Å². The first-order chi connectivity index (χ1) is 13.2. The summed E-state index contributed by atoms with van der Waals surface area (Å²) in [6.45, 7) is 1.91. The summed E-state index contributed by atoms with van der Waals surface area (Å²) < 4.78 is 4.83. The second kappa shape index (κ2) is 20.7. The highest BCUT2D eigenvalue weighted by atomic mass is 16.5. The predicted octanol–water partition coefficient (Wildman–Crippen LogP) is 5.03. The number of aliphatic hydroxyl groups excluding tert-OH is 2. The molecule has 4 nitrogen and oxygen atoms in total. The van der Waals surface area contributed by atoms with E-state index >= 15 is 0 Å². The Bertz CT molecular complexity index is 449. The number of hydrogen-bond acceptors (Lipinski definition) is 4. The van der Waals surface area contributed by atoms with E-state index in [-0.39, 0.29) is 6.61 Å². The number of carbonyl (C=O) groups excluding carboxylic acids is 1. The van der Waals surface area contributed by atoms with Crippen LogP contribution in [0.4, 0.5) is 0 Å². The van der Waals surface area contributed by atoms with Crippen molar-refractivity contribution in [3.8, 4) is 0 Å². The fraction of sp³-hybridized carbons (Fsp3) is 0.609. The average Bonchev–Trinajstić information content (AvgIpc) is 2.68. The Morgan fingerprint density at radius 2 is 1.30 bits per heavy atom. The van der Waals surface area contributed by atoms with E-state index in [1.54, 1.807) is 0 Å². The molecule has 0 spiro atoms. The van der Waals surface area contributed by atoms with Gasteiger partial charge in [0.2, 0.25) is 0 Å². The van der Waals surface area contributed by atoms with Crippen molar-refractivity contribution < 1.29 is 19.7 Å². The summed E-state index contributed by atoms with van der Waals surface area (Å²) in [7, 11) is 0. The van der Waals surface area contributed by atoms with E-state index in [0.717, 1.165) is 38.5 Å². The van der Waals surface area contributed by atoms with Crippen LogP contribution < -0.4 is 0 Å². The molecule has 0 bridgehead atoms. The second-order valence-corrected chi connectivity index (χ2v) is 6.45. The van der Waals surface area contributed by atoms with Gasteiger partial charge in [-0.2, -0.15) is 0 Å². The zero-order valence-corrected chi connectivity index (χ0v) is 16.9. The molecule has 0 aliphatic rings. The first-order valence-corrected chi connectivity index (χ1v) is 10.3. The van der Waals surface area contributed by atoms with Crippen molar-refractivity contribution in [2.24, 2.45) is 0 Å². The molecule has 0 amide bonds. The van der Waals surface area contributed by atoms with Crippen LogP contribution in [-0.2, 0) is 9.53 Å². The van der Waals surface area contributed by atoms with Crippen molar-refractivity contribution in [3.05, 3.63) is 48.6 Å². The molecule has 0 aromatic carbocycles. The molecule has 4 heteroatoms. The van der Waals surface area contributed by atoms with Crippen molar-refractivity contribution in [1.29, 1.82) is 0 Å². The summed E-state index contributed by atoms with van der Waals surface area (Å²) in [5.41, 5.74) is 0. The van der Waals surface area contributed by atoms with Crippen LogP contribution in [-0.4, -0.2) is 35.5 Å². The molecule has 0 fully saturated rings. The van der Waals surface area contributed by atoms with Crippen LogP contribution in [0, 0.1) is 0 Å². The van der Waals surface area contributed by atoms with Crippen LogP contribution in [0.5, 0.6) is 0 Å². The third-order valence-corrected chi connectivity index (χ3v) is 3.91. The van der Waals surface area contributed by atoms with E-state index in [4.69, 9.17) is 14.9 Å². The summed E-state index contributed by atoms with van der Waals surface area (Å²) in [4.78, 5) is 11.1. The van der Waals surface area contributed by atoms with Crippen molar-refractivity contribution in [1.82, 2.24) is 0 Å². The van der Waals surface area contributed by atoms with E-state index < -0.39 is 18.7 Å². The van der Waals surface area contributed by atoms with Gasteiger partial charge in [-0.05, 0) is 51.4 Å². The molecule has 0 aliphatic heterocycles. The summed E-state index contributed by atoms with van der Waals surface area (Å²) >= 11 is 0. The minimum Gasteiger partial charge on any atom is -0.464 e. The van der Waals surface area contributed by atoms with Gasteiger partial charge in [-0.15, -0.1) is 0 Å². The van der Waals surface area contributed by atoms with E-state index in [2.05, 4.69) is 55.5 Å². The van der Waals surface area contributed by atoms with Gasteiger partial charge in [0.1, 0.15) is 0 Å². The molecule has 0 heterocycles. The Labute approximate surface area is 165 Å². The van der Waals surface area contributed by atoms with Crippen LogP contribution in [0.2, 0.25) is 0 Å². The smallest absolute Gasteiger partial charge is 0.337 e. The summed E-state index contributed by atoms with van der Waals surface area (Å²) in [5, 5.41) is 17.6. The number of ether oxygens (including phenoxy) is 1. The molecule has 1 unspecified atom stereocenters. The van der Waals surface area contributed by atoms with Crippen molar-refractivity contribution in [2.75, 3.05) is 13.2 Å². The standard InChI is InChI=1S/C23H38O4/c1-2-3-4-5-6-7-8-9-10-11-12-13-14-15-16-17-18-19-20-27-23(26)22(25)21-24/h6-7,9-10,12-13,15-16,22,24-25H,2-5,8,11,14,17-21H2,1H3/b7-6-,10-9-,13-12-,16-15-. The maximum absolute atomic E-state index is 11.1. The normalized spacial score (nSPS) is 13.4. The Balaban J connectivity index is 3.45. The number of esters is 1. The highest BCUT2D eigenvalue weighted by Crippen LogP contribution is 2.02. The van der Waals surface area contributed by atoms with E-state index in [0.29, 0.717) is 0 Å². The van der Waals surface area contributed by atoms with E-state index in [1.165, 1.54) is 25.7 Å². The quantitative estimate of drug-likeness (QED) is 0.212. The highest BCUT2D eigenvalue weighted by molar-refractivity contribution is 5.74. The van der Waals surface area contributed by atoms with Crippen molar-refractivity contribution in [2.45, 2.75) is 77.2 Å². The third-order valence-electron chi connectivity index (χ3n) is 3.91. The topological polar surface area (TPSA) is 66.8 Å². The fourth-order valence-electron chi connectivity index (χ4n) is 2.27. The SMILES string of the molecule is CCCCC/C=C\C/C=C\C/C=C\C/C=C\CCCCOC(=O)C(O)CO. The van der Waals surface area contributed by atoms with E-state index in [9.17, 15) is 4.79 Å². The first kappa shape index (κ1) is 25.4. The number of hydrogen-bond donors (Lipinski definition) is 2. The Hall–Kier alpha value is -1.65. The maximum Gasteiger partial charge on any atom is 0.337 e. The monoisotopic (exact) mass is 378 g/mol. The fourth-order valence-corrected chi connectivity index (χ4v) is 2.27. The minimum atomic E-state index is -1.42. The molecule has 0 saturated carbocycles. The Morgan fingerprint density at radius 3 is 1.78 bits per heavy atom. The van der Waals surface area contributed by atoms with Crippen molar-refractivity contribution in [3.63, 3.8) is 0 Å². The Kier molecular flexibility index (Phi) is 19.4. The van der Waals surface area contributed by atoms with Crippen molar-refractivity contribution >= 4 is 5.97 Å². The van der Waals surface area contributed by atoms with Gasteiger partial charge >= 0.3 is 5.97 Å². The second-order valence-electron chi connectivity index (χ2n) is 6.45. The third kappa shape index (κ3) is 18.9. The summed E-state index contributed by atoms with van der Waals surface area (Å²) in [5.74, 6) is -0.754. The minimum absolute atomic E-state index is 0.282. The highest BCUT2D eigenvalue weighted by Gasteiger charge is 2.14. The maximum atomic E-state index is 11.1. The summed E-state index contributed by atoms with van der Waals surface area (Å²) in [6.07, 6.45) is 26.8. The number of aliphatic hydroxyl groups is 2. The number of allylic oxidation sites excluding steroid dienone is 8. The lowest BCUT2D eigenvalue weighted by Gasteiger charge is -2.07. The zero-order valence-electron chi connectivity index (χ0n) is 16.9. The molecule has 0 rings (SSSR count). The van der Waals surface area contributed by atoms with Gasteiger partial charge in [0.15, 0.2) is 6.10 Å². The first-order valence-electron chi connectivity index (χ1n) is 10.3. The van der Waals surface area contributed by atoms with Gasteiger partial charge in [0.05, 0.1) is 13.2 Å². The zero-order chi connectivity index (χ0) is 20.0. The van der Waals surface area contributed by atoms with Gasteiger partial charge in [-0.1, -0.05) is 68.4 Å². The largest absolute Gasteiger partial charge is 0.464 e. The lowest BCUT2D eigenvalue weighted by molar-refractivity contribution is -0.155. The molecule has 0 aromatic rings. The number of unbranched alkanes of at least 4 members (excludes halogenated alkanes) is 5. The molecular weight excluding hydrogens is 340 g/mol. The number of carbonyl (C=O) groups is 1. The van der Waals surface area contributed by atoms with Crippen LogP contribution in [0.25, 0.3) is 0 Å². The van der Waals surface area contributed by atoms with Gasteiger partial charge in [-0.25, -0.2) is 4.79 Å². The predicted molar refractivity (Wildman–Crippen MR) is 112 cm³/mol. The molecule has 2 N–H and O–H groups in total. The summed E-state index contributed by atoms with van der Waals surface area (Å²) in [6, 6.07) is 0. The molecule has 0 radical (unpaired) electrons. The van der Waals surface area contributed by atoms with Crippen LogP contribution in [0.1, 0.15) is 71.1 Å². The number of rotatable bonds is 17. The van der Waals surface area contributed by atoms with Gasteiger partial charge < -0.3 is 14.9 Å². The molecule has 27 heavy (non-hydrogen) atoms. The Morgan fingerprint density at radius 1 is 0.815 bits per heavy atom. The van der Waals surface area contributed by atoms with Gasteiger partial charge in [0, 0.05) is 0 Å². The molecule has 154 valence electrons.